The van der Waals surface area contributed by atoms with Gasteiger partial charge in [-0.2, -0.15) is 0 Å². The second-order valence-electron chi connectivity index (χ2n) is 8.06. The van der Waals surface area contributed by atoms with Gasteiger partial charge in [-0.25, -0.2) is 0 Å². The molecule has 0 unspecified atom stereocenters. The molecule has 5 heteroatoms. The summed E-state index contributed by atoms with van der Waals surface area (Å²) in [5, 5.41) is 10.3. The van der Waals surface area contributed by atoms with Gasteiger partial charge >= 0.3 is 5.97 Å². The molecule has 0 aromatic heterocycles. The van der Waals surface area contributed by atoms with E-state index in [-0.39, 0.29) is 41.0 Å². The molecule has 0 spiro atoms. The second-order valence-corrected chi connectivity index (χ2v) is 8.47. The largest absolute Gasteiger partial charge is 0.506 e. The smallest absolute Gasteiger partial charge is 0.302 e. The number of phenolic OH excluding ortho intramolecular Hbond substituents is 1. The molecule has 134 valence electrons. The van der Waals surface area contributed by atoms with Crippen LogP contribution in [0, 0.1) is 17.3 Å². The van der Waals surface area contributed by atoms with Crippen LogP contribution in [0.4, 0.5) is 0 Å². The standard InChI is InChI=1S/C20H23ClO4/c1-10(22)25-17-8-11-7-16(23)15(21)9-13(11)12-5-6-20(2)14(19(12)17)3-4-18(20)24/h7,9,12,14,17,19,23H,3-6,8H2,1-2H3/t12-,14+,17+,19-,20+/m1/s1. The lowest BCUT2D eigenvalue weighted by molar-refractivity contribution is -0.155. The number of ketones is 1. The summed E-state index contributed by atoms with van der Waals surface area (Å²) in [5.74, 6) is 0.729. The summed E-state index contributed by atoms with van der Waals surface area (Å²) in [6.45, 7) is 3.53. The van der Waals surface area contributed by atoms with Crippen LogP contribution >= 0.6 is 11.6 Å². The SMILES string of the molecule is CC(=O)O[C@H]1Cc2cc(O)c(Cl)cc2[C@H]2CC[C@]3(C)C(=O)CC[C@H]3[C@H]12. The average Bonchev–Trinajstić information content (AvgIpc) is 2.84. The van der Waals surface area contributed by atoms with Crippen LogP contribution < -0.4 is 0 Å². The highest BCUT2D eigenvalue weighted by Crippen LogP contribution is 2.60. The quantitative estimate of drug-likeness (QED) is 0.766. The van der Waals surface area contributed by atoms with Crippen LogP contribution in [0.15, 0.2) is 12.1 Å². The Labute approximate surface area is 152 Å². The number of aromatic hydroxyl groups is 1. The van der Waals surface area contributed by atoms with E-state index in [0.717, 1.165) is 30.4 Å². The molecule has 3 aliphatic carbocycles. The molecule has 0 aliphatic heterocycles. The van der Waals surface area contributed by atoms with Crippen molar-refractivity contribution in [3.63, 3.8) is 0 Å². The minimum Gasteiger partial charge on any atom is -0.506 e. The van der Waals surface area contributed by atoms with Crippen molar-refractivity contribution in [1.82, 2.24) is 0 Å². The molecule has 3 aliphatic rings. The van der Waals surface area contributed by atoms with Crippen molar-refractivity contribution in [3.05, 3.63) is 28.3 Å². The number of fused-ring (bicyclic) bond motifs is 5. The molecule has 2 saturated carbocycles. The summed E-state index contributed by atoms with van der Waals surface area (Å²) in [6.07, 6.45) is 3.57. The van der Waals surface area contributed by atoms with E-state index in [4.69, 9.17) is 16.3 Å². The first-order valence-electron chi connectivity index (χ1n) is 9.03. The van der Waals surface area contributed by atoms with E-state index in [1.807, 2.05) is 6.07 Å². The van der Waals surface area contributed by atoms with Crippen molar-refractivity contribution in [2.45, 2.75) is 58.0 Å². The van der Waals surface area contributed by atoms with Gasteiger partial charge < -0.3 is 9.84 Å². The Kier molecular flexibility index (Phi) is 3.87. The number of Topliss-reactive ketones (excluding diaryl/α,β-unsaturated/α-hetero) is 1. The highest BCUT2D eigenvalue weighted by atomic mass is 35.5. The van der Waals surface area contributed by atoms with Crippen molar-refractivity contribution < 1.29 is 19.4 Å². The summed E-state index contributed by atoms with van der Waals surface area (Å²) in [5.41, 5.74) is 1.86. The number of hydrogen-bond donors (Lipinski definition) is 1. The third-order valence-corrected chi connectivity index (χ3v) is 7.12. The van der Waals surface area contributed by atoms with Gasteiger partial charge in [0.05, 0.1) is 5.02 Å². The molecule has 4 nitrogen and oxygen atoms in total. The van der Waals surface area contributed by atoms with Crippen LogP contribution in [0.5, 0.6) is 5.75 Å². The lowest BCUT2D eigenvalue weighted by Gasteiger charge is -2.50. The van der Waals surface area contributed by atoms with Gasteiger partial charge in [-0.1, -0.05) is 18.5 Å². The summed E-state index contributed by atoms with van der Waals surface area (Å²) < 4.78 is 5.71. The van der Waals surface area contributed by atoms with Crippen molar-refractivity contribution in [3.8, 4) is 5.75 Å². The monoisotopic (exact) mass is 362 g/mol. The number of phenols is 1. The van der Waals surface area contributed by atoms with E-state index in [9.17, 15) is 14.7 Å². The molecule has 2 fully saturated rings. The number of hydrogen-bond acceptors (Lipinski definition) is 4. The average molecular weight is 363 g/mol. The summed E-state index contributed by atoms with van der Waals surface area (Å²) in [6, 6.07) is 3.57. The first kappa shape index (κ1) is 16.9. The lowest BCUT2D eigenvalue weighted by Crippen LogP contribution is -2.49. The van der Waals surface area contributed by atoms with Gasteiger partial charge in [-0.3, -0.25) is 9.59 Å². The second kappa shape index (κ2) is 5.73. The molecule has 1 aromatic rings. The Hall–Kier alpha value is -1.55. The third-order valence-electron chi connectivity index (χ3n) is 6.82. The van der Waals surface area contributed by atoms with Crippen molar-refractivity contribution in [1.29, 1.82) is 0 Å². The molecule has 0 radical (unpaired) electrons. The Balaban J connectivity index is 1.81. The van der Waals surface area contributed by atoms with E-state index in [1.54, 1.807) is 6.07 Å². The maximum Gasteiger partial charge on any atom is 0.302 e. The first-order chi connectivity index (χ1) is 11.8. The Morgan fingerprint density at radius 1 is 1.36 bits per heavy atom. The van der Waals surface area contributed by atoms with Crippen molar-refractivity contribution in [2.75, 3.05) is 0 Å². The lowest BCUT2D eigenvalue weighted by atomic mass is 9.55. The molecule has 0 amide bonds. The molecule has 0 bridgehead atoms. The van der Waals surface area contributed by atoms with Gasteiger partial charge in [-0.15, -0.1) is 0 Å². The predicted molar refractivity (Wildman–Crippen MR) is 93.7 cm³/mol. The van der Waals surface area contributed by atoms with Gasteiger partial charge in [-0.05, 0) is 54.4 Å². The number of carbonyl (C=O) groups excluding carboxylic acids is 2. The van der Waals surface area contributed by atoms with E-state index >= 15 is 0 Å². The topological polar surface area (TPSA) is 63.6 Å². The van der Waals surface area contributed by atoms with Crippen LogP contribution in [-0.4, -0.2) is 23.0 Å². The molecule has 1 aromatic carbocycles. The van der Waals surface area contributed by atoms with E-state index in [2.05, 4.69) is 6.92 Å². The van der Waals surface area contributed by atoms with Crippen LogP contribution in [0.2, 0.25) is 5.02 Å². The maximum atomic E-state index is 12.5. The predicted octanol–water partition coefficient (Wildman–Crippen LogP) is 4.01. The minimum atomic E-state index is -0.294. The fourth-order valence-corrected chi connectivity index (χ4v) is 5.85. The fraction of sp³-hybridized carbons (Fsp3) is 0.600. The number of benzene rings is 1. The number of ether oxygens (including phenoxy) is 1. The number of halogens is 1. The normalized spacial score (nSPS) is 36.4. The van der Waals surface area contributed by atoms with Crippen LogP contribution in [-0.2, 0) is 20.7 Å². The molecule has 0 heterocycles. The van der Waals surface area contributed by atoms with E-state index < -0.39 is 0 Å². The maximum absolute atomic E-state index is 12.5. The van der Waals surface area contributed by atoms with Crippen molar-refractivity contribution >= 4 is 23.4 Å². The van der Waals surface area contributed by atoms with Crippen LogP contribution in [0.3, 0.4) is 0 Å². The van der Waals surface area contributed by atoms with E-state index in [0.29, 0.717) is 23.6 Å². The Morgan fingerprint density at radius 2 is 2.12 bits per heavy atom. The highest BCUT2D eigenvalue weighted by Gasteiger charge is 2.57. The Bertz CT molecular complexity index is 758. The Morgan fingerprint density at radius 3 is 2.84 bits per heavy atom. The summed E-state index contributed by atoms with van der Waals surface area (Å²) in [7, 11) is 0. The first-order valence-corrected chi connectivity index (χ1v) is 9.41. The van der Waals surface area contributed by atoms with Crippen LogP contribution in [0.1, 0.15) is 56.6 Å². The molecule has 4 rings (SSSR count). The number of carbonyl (C=O) groups is 2. The van der Waals surface area contributed by atoms with Gasteiger partial charge in [0.2, 0.25) is 0 Å². The van der Waals surface area contributed by atoms with E-state index in [1.165, 1.54) is 6.92 Å². The fourth-order valence-electron chi connectivity index (χ4n) is 5.68. The zero-order chi connectivity index (χ0) is 17.9. The molecular weight excluding hydrogens is 340 g/mol. The summed E-state index contributed by atoms with van der Waals surface area (Å²) in [4.78, 5) is 24.2. The molecule has 25 heavy (non-hydrogen) atoms. The molecule has 5 atom stereocenters. The van der Waals surface area contributed by atoms with Crippen molar-refractivity contribution in [2.24, 2.45) is 17.3 Å². The van der Waals surface area contributed by atoms with Gasteiger partial charge in [0, 0.05) is 31.1 Å². The van der Waals surface area contributed by atoms with Crippen LogP contribution in [0.25, 0.3) is 0 Å². The van der Waals surface area contributed by atoms with Gasteiger partial charge in [0.15, 0.2) is 0 Å². The molecular formula is C20H23ClO4. The van der Waals surface area contributed by atoms with Gasteiger partial charge in [0.25, 0.3) is 0 Å². The zero-order valence-corrected chi connectivity index (χ0v) is 15.3. The third kappa shape index (κ3) is 2.49. The number of rotatable bonds is 1. The molecule has 1 N–H and O–H groups in total. The molecule has 0 saturated heterocycles. The highest BCUT2D eigenvalue weighted by molar-refractivity contribution is 6.32. The minimum absolute atomic E-state index is 0.0668. The zero-order valence-electron chi connectivity index (χ0n) is 14.5. The van der Waals surface area contributed by atoms with Gasteiger partial charge in [0.1, 0.15) is 17.6 Å². The summed E-state index contributed by atoms with van der Waals surface area (Å²) >= 11 is 6.17. The number of esters is 1.